The van der Waals surface area contributed by atoms with Gasteiger partial charge in [0, 0.05) is 0 Å². The highest BCUT2D eigenvalue weighted by molar-refractivity contribution is 6.05. The summed E-state index contributed by atoms with van der Waals surface area (Å²) in [5.41, 5.74) is 1.60. The monoisotopic (exact) mass is 528 g/mol. The summed E-state index contributed by atoms with van der Waals surface area (Å²) in [5, 5.41) is 22.5. The van der Waals surface area contributed by atoms with E-state index < -0.39 is 47.9 Å². The van der Waals surface area contributed by atoms with Crippen molar-refractivity contribution in [3.8, 4) is 0 Å². The quantitative estimate of drug-likeness (QED) is 0.309. The normalized spacial score (nSPS) is 18.6. The second-order valence-corrected chi connectivity index (χ2v) is 8.01. The topological polar surface area (TPSA) is 192 Å². The minimum atomic E-state index is -1.07. The molecule has 14 heteroatoms. The van der Waals surface area contributed by atoms with Crippen molar-refractivity contribution in [2.24, 2.45) is 0 Å². The lowest BCUT2D eigenvalue weighted by atomic mass is 10.2. The molecule has 2 aliphatic heterocycles. The molecule has 6 amide bonds. The Kier molecular flexibility index (Phi) is 9.45. The van der Waals surface area contributed by atoms with Crippen LogP contribution in [0.1, 0.15) is 24.0 Å². The SMILES string of the molecule is O=C(N[C@H]1CC(=O)N(O)C1=O)OCc1ccccc1.O=C(N[C@H]1CC(=O)N(O)C1=O)OCc1ccccc1. The molecule has 2 aromatic carbocycles. The molecule has 2 saturated heterocycles. The van der Waals surface area contributed by atoms with Crippen molar-refractivity contribution >= 4 is 35.8 Å². The van der Waals surface area contributed by atoms with Crippen LogP contribution in [0.25, 0.3) is 0 Å². The Morgan fingerprint density at radius 3 is 1.32 bits per heavy atom. The van der Waals surface area contributed by atoms with Gasteiger partial charge in [-0.1, -0.05) is 60.7 Å². The molecule has 0 aromatic heterocycles. The van der Waals surface area contributed by atoms with Crippen LogP contribution in [-0.2, 0) is 41.9 Å². The molecule has 200 valence electrons. The van der Waals surface area contributed by atoms with Gasteiger partial charge in [0.2, 0.25) is 0 Å². The molecule has 14 nitrogen and oxygen atoms in total. The van der Waals surface area contributed by atoms with E-state index in [4.69, 9.17) is 19.9 Å². The number of nitrogens with one attached hydrogen (secondary N) is 2. The van der Waals surface area contributed by atoms with Crippen molar-refractivity contribution in [2.45, 2.75) is 38.1 Å². The maximum atomic E-state index is 11.4. The minimum absolute atomic E-state index is 0.00213. The minimum Gasteiger partial charge on any atom is -0.445 e. The van der Waals surface area contributed by atoms with Crippen LogP contribution in [0.15, 0.2) is 60.7 Å². The van der Waals surface area contributed by atoms with Gasteiger partial charge < -0.3 is 20.1 Å². The Hall–Kier alpha value is -4.82. The van der Waals surface area contributed by atoms with E-state index in [1.165, 1.54) is 0 Å². The molecule has 2 aromatic rings. The number of alkyl carbamates (subject to hydrolysis) is 2. The van der Waals surface area contributed by atoms with Gasteiger partial charge in [0.05, 0.1) is 12.8 Å². The summed E-state index contributed by atoms with van der Waals surface area (Å²) in [6, 6.07) is 15.9. The number of carbonyl (C=O) groups excluding carboxylic acids is 6. The summed E-state index contributed by atoms with van der Waals surface area (Å²) in [6.07, 6.45) is -2.17. The standard InChI is InChI=1S/2C12H12N2O5/c2*15-10-6-9(11(16)14(10)18)13-12(17)19-7-8-4-2-1-3-5-8/h2*1-5,9,18H,6-7H2,(H,13,17)/t2*9-/m00/s1. The average Bonchev–Trinajstić information content (AvgIpc) is 3.31. The van der Waals surface area contributed by atoms with Gasteiger partial charge >= 0.3 is 12.2 Å². The van der Waals surface area contributed by atoms with Crippen molar-refractivity contribution in [1.82, 2.24) is 20.8 Å². The molecule has 2 atom stereocenters. The zero-order chi connectivity index (χ0) is 27.7. The maximum Gasteiger partial charge on any atom is 0.408 e. The van der Waals surface area contributed by atoms with Gasteiger partial charge in [0.1, 0.15) is 25.3 Å². The van der Waals surface area contributed by atoms with E-state index in [9.17, 15) is 28.8 Å². The van der Waals surface area contributed by atoms with Crippen molar-refractivity contribution in [1.29, 1.82) is 0 Å². The third-order valence-electron chi connectivity index (χ3n) is 5.25. The molecule has 2 heterocycles. The fourth-order valence-corrected chi connectivity index (χ4v) is 3.28. The summed E-state index contributed by atoms with van der Waals surface area (Å²) >= 11 is 0. The van der Waals surface area contributed by atoms with Gasteiger partial charge in [0.25, 0.3) is 23.6 Å². The number of carbonyl (C=O) groups is 6. The van der Waals surface area contributed by atoms with Gasteiger partial charge in [0.15, 0.2) is 0 Å². The van der Waals surface area contributed by atoms with Crippen molar-refractivity contribution in [3.63, 3.8) is 0 Å². The first kappa shape index (κ1) is 27.8. The molecule has 2 fully saturated rings. The molecule has 0 unspecified atom stereocenters. The van der Waals surface area contributed by atoms with E-state index in [0.717, 1.165) is 11.1 Å². The molecule has 4 N–H and O–H groups in total. The second-order valence-electron chi connectivity index (χ2n) is 8.01. The first-order valence-corrected chi connectivity index (χ1v) is 11.2. The number of nitrogens with zero attached hydrogens (tertiary/aromatic N) is 2. The van der Waals surface area contributed by atoms with Gasteiger partial charge in [-0.3, -0.25) is 29.6 Å². The lowest BCUT2D eigenvalue weighted by molar-refractivity contribution is -0.172. The van der Waals surface area contributed by atoms with Crippen LogP contribution >= 0.6 is 0 Å². The van der Waals surface area contributed by atoms with E-state index in [1.54, 1.807) is 48.5 Å². The molecule has 0 aliphatic carbocycles. The predicted molar refractivity (Wildman–Crippen MR) is 124 cm³/mol. The van der Waals surface area contributed by atoms with Crippen LogP contribution in [0.5, 0.6) is 0 Å². The van der Waals surface area contributed by atoms with Crippen LogP contribution in [0.3, 0.4) is 0 Å². The number of hydroxylamine groups is 4. The Morgan fingerprint density at radius 1 is 0.684 bits per heavy atom. The number of hydrogen-bond donors (Lipinski definition) is 4. The number of rotatable bonds is 6. The summed E-state index contributed by atoms with van der Waals surface area (Å²) in [4.78, 5) is 67.5. The van der Waals surface area contributed by atoms with Gasteiger partial charge in [-0.15, -0.1) is 0 Å². The molecule has 2 aliphatic rings. The van der Waals surface area contributed by atoms with Crippen LogP contribution in [0.2, 0.25) is 0 Å². The lowest BCUT2D eigenvalue weighted by Crippen LogP contribution is -2.41. The number of imide groups is 2. The Bertz CT molecular complexity index is 1100. The molecule has 4 rings (SSSR count). The van der Waals surface area contributed by atoms with Crippen molar-refractivity contribution < 1.29 is 48.7 Å². The first-order valence-electron chi connectivity index (χ1n) is 11.2. The number of ether oxygens (including phenoxy) is 2. The Morgan fingerprint density at radius 2 is 1.03 bits per heavy atom. The first-order chi connectivity index (χ1) is 18.2. The fourth-order valence-electron chi connectivity index (χ4n) is 3.28. The van der Waals surface area contributed by atoms with Gasteiger partial charge in [-0.05, 0) is 11.1 Å². The zero-order valence-corrected chi connectivity index (χ0v) is 19.8. The fraction of sp³-hybridized carbons (Fsp3) is 0.250. The van der Waals surface area contributed by atoms with Gasteiger partial charge in [-0.2, -0.15) is 10.1 Å². The summed E-state index contributed by atoms with van der Waals surface area (Å²) in [7, 11) is 0. The highest BCUT2D eigenvalue weighted by Gasteiger charge is 2.40. The van der Waals surface area contributed by atoms with Crippen LogP contribution in [0.4, 0.5) is 9.59 Å². The smallest absolute Gasteiger partial charge is 0.408 e. The molecular formula is C24H24N4O10. The summed E-state index contributed by atoms with van der Waals surface area (Å²) in [6.45, 7) is 0.120. The van der Waals surface area contributed by atoms with E-state index in [0.29, 0.717) is 0 Å². The highest BCUT2D eigenvalue weighted by Crippen LogP contribution is 2.12. The van der Waals surface area contributed by atoms with Gasteiger partial charge in [-0.25, -0.2) is 9.59 Å². The number of benzene rings is 2. The lowest BCUT2D eigenvalue weighted by Gasteiger charge is -2.10. The predicted octanol–water partition coefficient (Wildman–Crippen LogP) is 0.859. The van der Waals surface area contributed by atoms with E-state index in [1.807, 2.05) is 12.1 Å². The molecule has 38 heavy (non-hydrogen) atoms. The van der Waals surface area contributed by atoms with Crippen molar-refractivity contribution in [3.05, 3.63) is 71.8 Å². The van der Waals surface area contributed by atoms with Crippen molar-refractivity contribution in [2.75, 3.05) is 0 Å². The van der Waals surface area contributed by atoms with Crippen LogP contribution in [0, 0.1) is 0 Å². The number of amides is 6. The third-order valence-corrected chi connectivity index (χ3v) is 5.25. The van der Waals surface area contributed by atoms with E-state index >= 15 is 0 Å². The highest BCUT2D eigenvalue weighted by atomic mass is 16.6. The summed E-state index contributed by atoms with van der Waals surface area (Å²) in [5.74, 6) is -3.22. The Balaban J connectivity index is 0.000000211. The van der Waals surface area contributed by atoms with E-state index in [-0.39, 0.29) is 36.2 Å². The maximum absolute atomic E-state index is 11.4. The number of hydrogen-bond acceptors (Lipinski definition) is 10. The summed E-state index contributed by atoms with van der Waals surface area (Å²) < 4.78 is 9.79. The molecule has 0 saturated carbocycles. The molecule has 0 radical (unpaired) electrons. The molecule has 0 bridgehead atoms. The van der Waals surface area contributed by atoms with Crippen LogP contribution in [-0.4, -0.2) is 68.4 Å². The third kappa shape index (κ3) is 7.59. The zero-order valence-electron chi connectivity index (χ0n) is 19.8. The van der Waals surface area contributed by atoms with E-state index in [2.05, 4.69) is 10.6 Å². The molecule has 0 spiro atoms. The second kappa shape index (κ2) is 12.9. The average molecular weight is 528 g/mol. The largest absolute Gasteiger partial charge is 0.445 e. The van der Waals surface area contributed by atoms with Crippen LogP contribution < -0.4 is 10.6 Å². The molecular weight excluding hydrogens is 504 g/mol. The Labute approximate surface area is 215 Å².